The van der Waals surface area contributed by atoms with Gasteiger partial charge in [0.2, 0.25) is 0 Å². The van der Waals surface area contributed by atoms with Gasteiger partial charge in [0.05, 0.1) is 0 Å². The second-order valence-electron chi connectivity index (χ2n) is 11.0. The molecular formula is C38H32. The first-order valence-electron chi connectivity index (χ1n) is 13.6. The number of aryl methyl sites for hydroxylation is 2. The van der Waals surface area contributed by atoms with Crippen molar-refractivity contribution in [2.75, 3.05) is 0 Å². The Morgan fingerprint density at radius 2 is 0.658 bits per heavy atom. The van der Waals surface area contributed by atoms with Crippen LogP contribution >= 0.6 is 0 Å². The zero-order valence-electron chi connectivity index (χ0n) is 23.1. The molecule has 0 spiro atoms. The lowest BCUT2D eigenvalue weighted by molar-refractivity contribution is 1.26. The maximum absolute atomic E-state index is 2.34. The van der Waals surface area contributed by atoms with Crippen LogP contribution in [0, 0.1) is 41.5 Å². The molecule has 1 aliphatic rings. The van der Waals surface area contributed by atoms with Crippen molar-refractivity contribution in [2.45, 2.75) is 41.5 Å². The highest BCUT2D eigenvalue weighted by Crippen LogP contribution is 2.60. The normalized spacial score (nSPS) is 11.9. The fourth-order valence-corrected chi connectivity index (χ4v) is 7.09. The van der Waals surface area contributed by atoms with Gasteiger partial charge in [0, 0.05) is 0 Å². The van der Waals surface area contributed by atoms with Crippen LogP contribution in [0.1, 0.15) is 33.4 Å². The highest BCUT2D eigenvalue weighted by molar-refractivity contribution is 6.29. The van der Waals surface area contributed by atoms with Crippen LogP contribution < -0.4 is 0 Å². The first kappa shape index (κ1) is 23.0. The summed E-state index contributed by atoms with van der Waals surface area (Å²) in [6, 6.07) is 31.1. The van der Waals surface area contributed by atoms with Gasteiger partial charge in [-0.3, -0.25) is 0 Å². The number of hydrogen-bond acceptors (Lipinski definition) is 0. The fourth-order valence-electron chi connectivity index (χ4n) is 7.09. The fraction of sp³-hybridized carbons (Fsp3) is 0.158. The molecule has 0 amide bonds. The second kappa shape index (κ2) is 8.17. The van der Waals surface area contributed by atoms with Gasteiger partial charge in [-0.25, -0.2) is 0 Å². The summed E-state index contributed by atoms with van der Waals surface area (Å²) in [5.41, 5.74) is 19.4. The largest absolute Gasteiger partial charge is 0.0622 e. The van der Waals surface area contributed by atoms with Gasteiger partial charge in [-0.05, 0) is 141 Å². The molecule has 0 radical (unpaired) electrons. The lowest BCUT2D eigenvalue weighted by atomic mass is 9.81. The highest BCUT2D eigenvalue weighted by Gasteiger charge is 2.34. The quantitative estimate of drug-likeness (QED) is 0.227. The highest BCUT2D eigenvalue weighted by atomic mass is 14.4. The molecule has 0 saturated carbocycles. The molecule has 0 N–H and O–H groups in total. The average Bonchev–Trinajstić information content (AvgIpc) is 3.29. The van der Waals surface area contributed by atoms with Gasteiger partial charge in [0.15, 0.2) is 0 Å². The van der Waals surface area contributed by atoms with Gasteiger partial charge < -0.3 is 0 Å². The molecule has 6 aromatic rings. The maximum atomic E-state index is 2.34. The van der Waals surface area contributed by atoms with Crippen molar-refractivity contribution < 1.29 is 0 Å². The van der Waals surface area contributed by atoms with Crippen LogP contribution in [0.5, 0.6) is 0 Å². The minimum absolute atomic E-state index is 1.28. The van der Waals surface area contributed by atoms with E-state index in [-0.39, 0.29) is 0 Å². The molecule has 0 heterocycles. The van der Waals surface area contributed by atoms with E-state index in [9.17, 15) is 0 Å². The Morgan fingerprint density at radius 3 is 1.05 bits per heavy atom. The Hall–Kier alpha value is -4.16. The van der Waals surface area contributed by atoms with E-state index < -0.39 is 0 Å². The minimum Gasteiger partial charge on any atom is -0.0622 e. The molecule has 1 aliphatic carbocycles. The molecule has 0 aromatic heterocycles. The molecule has 0 heteroatoms. The van der Waals surface area contributed by atoms with Crippen LogP contribution in [0.2, 0.25) is 0 Å². The van der Waals surface area contributed by atoms with Gasteiger partial charge in [-0.15, -0.1) is 0 Å². The lowest BCUT2D eigenvalue weighted by Gasteiger charge is -2.21. The Labute approximate surface area is 225 Å². The van der Waals surface area contributed by atoms with E-state index in [0.29, 0.717) is 0 Å². The van der Waals surface area contributed by atoms with Gasteiger partial charge >= 0.3 is 0 Å². The summed E-state index contributed by atoms with van der Waals surface area (Å²) < 4.78 is 0. The summed E-state index contributed by atoms with van der Waals surface area (Å²) in [4.78, 5) is 0. The SMILES string of the molecule is Cc1c(C)c2c3c(c(C)c(C)c(C)c3c1C)-c1c-2c(-c2ccccc2)c2ccccc2c1-c1ccccc1. The molecule has 0 unspecified atom stereocenters. The van der Waals surface area contributed by atoms with Crippen molar-refractivity contribution in [1.29, 1.82) is 0 Å². The first-order chi connectivity index (χ1) is 18.4. The van der Waals surface area contributed by atoms with Crippen LogP contribution in [-0.4, -0.2) is 0 Å². The third-order valence-corrected chi connectivity index (χ3v) is 9.34. The van der Waals surface area contributed by atoms with Crippen LogP contribution in [0.15, 0.2) is 84.9 Å². The van der Waals surface area contributed by atoms with Crippen LogP contribution in [-0.2, 0) is 0 Å². The maximum Gasteiger partial charge on any atom is -0.000454 e. The zero-order chi connectivity index (χ0) is 26.3. The van der Waals surface area contributed by atoms with Crippen LogP contribution in [0.25, 0.3) is 66.1 Å². The molecule has 7 rings (SSSR count). The predicted octanol–water partition coefficient (Wildman–Crippen LogP) is 10.8. The average molecular weight is 489 g/mol. The van der Waals surface area contributed by atoms with Crippen LogP contribution in [0.4, 0.5) is 0 Å². The van der Waals surface area contributed by atoms with Crippen molar-refractivity contribution in [2.24, 2.45) is 0 Å². The Bertz CT molecular complexity index is 1800. The zero-order valence-corrected chi connectivity index (χ0v) is 23.1. The van der Waals surface area contributed by atoms with E-state index in [0.717, 1.165) is 0 Å². The number of hydrogen-bond donors (Lipinski definition) is 0. The van der Waals surface area contributed by atoms with Gasteiger partial charge in [0.1, 0.15) is 0 Å². The van der Waals surface area contributed by atoms with Crippen molar-refractivity contribution in [3.05, 3.63) is 118 Å². The number of fused-ring (bicyclic) bond motifs is 4. The third-order valence-electron chi connectivity index (χ3n) is 9.34. The van der Waals surface area contributed by atoms with Crippen molar-refractivity contribution >= 4 is 21.5 Å². The molecule has 0 atom stereocenters. The standard InChI is InChI=1S/C38H32/c1-21-23(3)31-24(4)22(2)26(6)33-36(31)32(25(21)5)37-34(27-15-9-7-10-16-27)29-19-13-14-20-30(29)35(38(33)37)28-17-11-8-12-18-28/h7-20H,1-6H3. The Balaban J connectivity index is 1.86. The van der Waals surface area contributed by atoms with E-state index in [1.807, 2.05) is 0 Å². The molecule has 6 aromatic carbocycles. The summed E-state index contributed by atoms with van der Waals surface area (Å²) in [6.07, 6.45) is 0. The van der Waals surface area contributed by atoms with Crippen molar-refractivity contribution in [3.63, 3.8) is 0 Å². The van der Waals surface area contributed by atoms with E-state index >= 15 is 0 Å². The second-order valence-corrected chi connectivity index (χ2v) is 11.0. The summed E-state index contributed by atoms with van der Waals surface area (Å²) in [7, 11) is 0. The molecule has 0 saturated heterocycles. The van der Waals surface area contributed by atoms with E-state index in [1.165, 1.54) is 99.4 Å². The first-order valence-corrected chi connectivity index (χ1v) is 13.6. The molecule has 0 bridgehead atoms. The summed E-state index contributed by atoms with van der Waals surface area (Å²) >= 11 is 0. The molecule has 0 aliphatic heterocycles. The van der Waals surface area contributed by atoms with Crippen LogP contribution in [0.3, 0.4) is 0 Å². The Kier molecular flexibility index (Phi) is 4.94. The molecule has 0 nitrogen and oxygen atoms in total. The van der Waals surface area contributed by atoms with E-state index in [2.05, 4.69) is 126 Å². The summed E-state index contributed by atoms with van der Waals surface area (Å²) in [6.45, 7) is 14.0. The van der Waals surface area contributed by atoms with Crippen molar-refractivity contribution in [3.8, 4) is 44.5 Å². The predicted molar refractivity (Wildman–Crippen MR) is 165 cm³/mol. The minimum atomic E-state index is 1.28. The Morgan fingerprint density at radius 1 is 0.289 bits per heavy atom. The third kappa shape index (κ3) is 2.86. The summed E-state index contributed by atoms with van der Waals surface area (Å²) in [5, 5.41) is 5.53. The van der Waals surface area contributed by atoms with Gasteiger partial charge in [-0.1, -0.05) is 84.9 Å². The molecular weight excluding hydrogens is 456 g/mol. The smallest absolute Gasteiger partial charge is 0.000454 e. The lowest BCUT2D eigenvalue weighted by Crippen LogP contribution is -1.98. The van der Waals surface area contributed by atoms with Gasteiger partial charge in [-0.2, -0.15) is 0 Å². The number of benzene rings is 6. The van der Waals surface area contributed by atoms with Gasteiger partial charge in [0.25, 0.3) is 0 Å². The molecule has 184 valence electrons. The number of rotatable bonds is 2. The van der Waals surface area contributed by atoms with Crippen molar-refractivity contribution in [1.82, 2.24) is 0 Å². The van der Waals surface area contributed by atoms with E-state index in [1.54, 1.807) is 0 Å². The summed E-state index contributed by atoms with van der Waals surface area (Å²) in [5.74, 6) is 0. The van der Waals surface area contributed by atoms with E-state index in [4.69, 9.17) is 0 Å². The topological polar surface area (TPSA) is 0 Å². The monoisotopic (exact) mass is 488 g/mol. The molecule has 38 heavy (non-hydrogen) atoms. The molecule has 0 fully saturated rings.